The quantitative estimate of drug-likeness (QED) is 0.763. The van der Waals surface area contributed by atoms with Gasteiger partial charge in [0.2, 0.25) is 5.82 Å². The smallest absolute Gasteiger partial charge is 0.372 e. The van der Waals surface area contributed by atoms with E-state index in [9.17, 15) is 4.79 Å². The molecule has 0 radical (unpaired) electrons. The molecule has 0 amide bonds. The molecule has 0 atom stereocenters. The van der Waals surface area contributed by atoms with E-state index in [-0.39, 0.29) is 5.82 Å². The predicted molar refractivity (Wildman–Crippen MR) is 73.1 cm³/mol. The maximum absolute atomic E-state index is 11.2. The second-order valence-corrected chi connectivity index (χ2v) is 4.34. The SMILES string of the molecule is Cn1c(C(=O)O)nc2cccc(-c3ccccc3)c21. The number of hydrogen-bond acceptors (Lipinski definition) is 2. The standard InChI is InChI=1S/C15H12N2O2/c1-17-13-11(10-6-3-2-4-7-10)8-5-9-12(13)16-14(17)15(18)19/h2-9H,1H3,(H,18,19). The fraction of sp³-hybridized carbons (Fsp3) is 0.0667. The van der Waals surface area contributed by atoms with Crippen LogP contribution < -0.4 is 0 Å². The van der Waals surface area contributed by atoms with Gasteiger partial charge in [-0.25, -0.2) is 9.78 Å². The summed E-state index contributed by atoms with van der Waals surface area (Å²) in [7, 11) is 1.73. The number of nitrogens with zero attached hydrogens (tertiary/aromatic N) is 2. The number of fused-ring (bicyclic) bond motifs is 1. The first-order chi connectivity index (χ1) is 9.18. The van der Waals surface area contributed by atoms with Crippen LogP contribution in [0.5, 0.6) is 0 Å². The lowest BCUT2D eigenvalue weighted by atomic mass is 10.0. The number of benzene rings is 2. The average Bonchev–Trinajstić information content (AvgIpc) is 2.78. The van der Waals surface area contributed by atoms with Gasteiger partial charge in [-0.15, -0.1) is 0 Å². The third-order valence-corrected chi connectivity index (χ3v) is 3.17. The van der Waals surface area contributed by atoms with Gasteiger partial charge in [0.1, 0.15) is 0 Å². The first kappa shape index (κ1) is 11.5. The topological polar surface area (TPSA) is 55.1 Å². The van der Waals surface area contributed by atoms with Gasteiger partial charge in [0.15, 0.2) is 0 Å². The number of rotatable bonds is 2. The highest BCUT2D eigenvalue weighted by atomic mass is 16.4. The number of aryl methyl sites for hydroxylation is 1. The Hall–Kier alpha value is -2.62. The van der Waals surface area contributed by atoms with Crippen LogP contribution in [0.3, 0.4) is 0 Å². The molecule has 0 aliphatic rings. The second-order valence-electron chi connectivity index (χ2n) is 4.34. The number of imidazole rings is 1. The molecule has 0 aliphatic carbocycles. The van der Waals surface area contributed by atoms with Crippen molar-refractivity contribution in [1.82, 2.24) is 9.55 Å². The zero-order valence-corrected chi connectivity index (χ0v) is 10.4. The zero-order chi connectivity index (χ0) is 13.4. The van der Waals surface area contributed by atoms with Gasteiger partial charge in [0, 0.05) is 12.6 Å². The molecule has 4 heteroatoms. The summed E-state index contributed by atoms with van der Waals surface area (Å²) in [5, 5.41) is 9.14. The molecule has 0 saturated heterocycles. The molecule has 0 spiro atoms. The van der Waals surface area contributed by atoms with Crippen molar-refractivity contribution >= 4 is 17.0 Å². The number of para-hydroxylation sites is 1. The van der Waals surface area contributed by atoms with Crippen LogP contribution in [-0.2, 0) is 7.05 Å². The molecule has 0 unspecified atom stereocenters. The molecule has 3 aromatic rings. The minimum atomic E-state index is -1.02. The summed E-state index contributed by atoms with van der Waals surface area (Å²) in [6.07, 6.45) is 0. The number of aromatic nitrogens is 2. The maximum atomic E-state index is 11.2. The Balaban J connectivity index is 2.35. The predicted octanol–water partition coefficient (Wildman–Crippen LogP) is 2.94. The number of carboxylic acids is 1. The molecule has 0 bridgehead atoms. The van der Waals surface area contributed by atoms with Crippen molar-refractivity contribution < 1.29 is 9.90 Å². The normalized spacial score (nSPS) is 10.8. The van der Waals surface area contributed by atoms with Gasteiger partial charge in [-0.3, -0.25) is 0 Å². The Morgan fingerprint density at radius 1 is 1.11 bits per heavy atom. The van der Waals surface area contributed by atoms with E-state index in [4.69, 9.17) is 5.11 Å². The van der Waals surface area contributed by atoms with Crippen molar-refractivity contribution in [3.8, 4) is 11.1 Å². The Morgan fingerprint density at radius 3 is 2.53 bits per heavy atom. The minimum absolute atomic E-state index is 0.0541. The van der Waals surface area contributed by atoms with Crippen LogP contribution in [-0.4, -0.2) is 20.6 Å². The molecular formula is C15H12N2O2. The summed E-state index contributed by atoms with van der Waals surface area (Å²) in [5.74, 6) is -0.962. The molecule has 4 nitrogen and oxygen atoms in total. The van der Waals surface area contributed by atoms with Crippen LogP contribution >= 0.6 is 0 Å². The Morgan fingerprint density at radius 2 is 1.84 bits per heavy atom. The lowest BCUT2D eigenvalue weighted by Crippen LogP contribution is -2.05. The average molecular weight is 252 g/mol. The summed E-state index contributed by atoms with van der Waals surface area (Å²) in [4.78, 5) is 15.3. The molecule has 1 N–H and O–H groups in total. The van der Waals surface area contributed by atoms with Crippen molar-refractivity contribution in [2.24, 2.45) is 7.05 Å². The van der Waals surface area contributed by atoms with Crippen LogP contribution in [0.1, 0.15) is 10.6 Å². The fourth-order valence-electron chi connectivity index (χ4n) is 2.31. The molecule has 3 rings (SSSR count). The van der Waals surface area contributed by atoms with Crippen molar-refractivity contribution in [2.75, 3.05) is 0 Å². The van der Waals surface area contributed by atoms with E-state index < -0.39 is 5.97 Å². The monoisotopic (exact) mass is 252 g/mol. The molecule has 19 heavy (non-hydrogen) atoms. The largest absolute Gasteiger partial charge is 0.475 e. The number of hydrogen-bond donors (Lipinski definition) is 1. The highest BCUT2D eigenvalue weighted by Gasteiger charge is 2.16. The summed E-state index contributed by atoms with van der Waals surface area (Å²) < 4.78 is 1.62. The molecule has 0 aliphatic heterocycles. The van der Waals surface area contributed by atoms with Crippen molar-refractivity contribution in [1.29, 1.82) is 0 Å². The van der Waals surface area contributed by atoms with E-state index in [0.29, 0.717) is 5.52 Å². The highest BCUT2D eigenvalue weighted by molar-refractivity contribution is 5.96. The van der Waals surface area contributed by atoms with Crippen LogP contribution in [0.2, 0.25) is 0 Å². The molecule has 0 saturated carbocycles. The van der Waals surface area contributed by atoms with Gasteiger partial charge in [-0.1, -0.05) is 42.5 Å². The van der Waals surface area contributed by atoms with E-state index in [1.54, 1.807) is 11.6 Å². The summed E-state index contributed by atoms with van der Waals surface area (Å²) in [5.41, 5.74) is 3.57. The van der Waals surface area contributed by atoms with Crippen LogP contribution in [0.15, 0.2) is 48.5 Å². The molecule has 94 valence electrons. The van der Waals surface area contributed by atoms with Gasteiger partial charge in [-0.2, -0.15) is 0 Å². The molecule has 0 fully saturated rings. The van der Waals surface area contributed by atoms with E-state index >= 15 is 0 Å². The van der Waals surface area contributed by atoms with E-state index in [1.807, 2.05) is 48.5 Å². The summed E-state index contributed by atoms with van der Waals surface area (Å²) in [6, 6.07) is 15.6. The van der Waals surface area contributed by atoms with Crippen molar-refractivity contribution in [3.63, 3.8) is 0 Å². The van der Waals surface area contributed by atoms with Gasteiger partial charge < -0.3 is 9.67 Å². The number of carboxylic acid groups (broad SMARTS) is 1. The first-order valence-electron chi connectivity index (χ1n) is 5.92. The fourth-order valence-corrected chi connectivity index (χ4v) is 2.31. The zero-order valence-electron chi connectivity index (χ0n) is 10.4. The lowest BCUT2D eigenvalue weighted by Gasteiger charge is -2.05. The third kappa shape index (κ3) is 1.78. The summed E-state index contributed by atoms with van der Waals surface area (Å²) >= 11 is 0. The Bertz CT molecular complexity index is 760. The maximum Gasteiger partial charge on any atom is 0.372 e. The van der Waals surface area contributed by atoms with Gasteiger partial charge in [-0.05, 0) is 11.6 Å². The van der Waals surface area contributed by atoms with Crippen molar-refractivity contribution in [3.05, 3.63) is 54.4 Å². The van der Waals surface area contributed by atoms with E-state index in [1.165, 1.54) is 0 Å². The Labute approximate surface area is 109 Å². The van der Waals surface area contributed by atoms with Crippen LogP contribution in [0.4, 0.5) is 0 Å². The molecular weight excluding hydrogens is 240 g/mol. The van der Waals surface area contributed by atoms with Gasteiger partial charge in [0.25, 0.3) is 0 Å². The van der Waals surface area contributed by atoms with Gasteiger partial charge in [0.05, 0.1) is 11.0 Å². The van der Waals surface area contributed by atoms with Crippen LogP contribution in [0.25, 0.3) is 22.2 Å². The molecule has 2 aromatic carbocycles. The highest BCUT2D eigenvalue weighted by Crippen LogP contribution is 2.28. The van der Waals surface area contributed by atoms with E-state index in [2.05, 4.69) is 4.98 Å². The number of aromatic carboxylic acids is 1. The molecule has 1 aromatic heterocycles. The van der Waals surface area contributed by atoms with Crippen molar-refractivity contribution in [2.45, 2.75) is 0 Å². The Kier molecular flexibility index (Phi) is 2.56. The van der Waals surface area contributed by atoms with E-state index in [0.717, 1.165) is 16.6 Å². The third-order valence-electron chi connectivity index (χ3n) is 3.17. The molecule has 1 heterocycles. The lowest BCUT2D eigenvalue weighted by molar-refractivity contribution is 0.0680. The van der Waals surface area contributed by atoms with Crippen LogP contribution in [0, 0.1) is 0 Å². The minimum Gasteiger partial charge on any atom is -0.475 e. The summed E-state index contributed by atoms with van der Waals surface area (Å²) in [6.45, 7) is 0. The number of carbonyl (C=O) groups is 1. The van der Waals surface area contributed by atoms with Gasteiger partial charge >= 0.3 is 5.97 Å². The first-order valence-corrected chi connectivity index (χ1v) is 5.92. The second kappa shape index (κ2) is 4.24.